The van der Waals surface area contributed by atoms with Gasteiger partial charge in [-0.2, -0.15) is 0 Å². The van der Waals surface area contributed by atoms with Gasteiger partial charge in [0.15, 0.2) is 5.75 Å². The van der Waals surface area contributed by atoms with Crippen LogP contribution in [-0.4, -0.2) is 16.2 Å². The van der Waals surface area contributed by atoms with Gasteiger partial charge in [0.1, 0.15) is 11.5 Å². The Hall–Kier alpha value is -3.57. The molecule has 1 aliphatic carbocycles. The molecule has 31 heavy (non-hydrogen) atoms. The molecule has 0 amide bonds. The van der Waals surface area contributed by atoms with E-state index in [4.69, 9.17) is 9.84 Å². The lowest BCUT2D eigenvalue weighted by Crippen LogP contribution is -1.89. The van der Waals surface area contributed by atoms with Crippen LogP contribution >= 0.6 is 11.3 Å². The van der Waals surface area contributed by atoms with Gasteiger partial charge >= 0.3 is 5.97 Å². The molecule has 0 bridgehead atoms. The van der Waals surface area contributed by atoms with Gasteiger partial charge in [-0.15, -0.1) is 11.3 Å². The maximum Gasteiger partial charge on any atom is 0.328 e. The average molecular weight is 429 g/mol. The van der Waals surface area contributed by atoms with E-state index in [1.165, 1.54) is 24.0 Å². The summed E-state index contributed by atoms with van der Waals surface area (Å²) in [7, 11) is 0. The molecule has 0 aliphatic heterocycles. The van der Waals surface area contributed by atoms with Crippen molar-refractivity contribution in [2.24, 2.45) is 0 Å². The number of thiophene rings is 1. The number of carboxylic acid groups (broad SMARTS) is 1. The quantitative estimate of drug-likeness (QED) is 0.323. The number of aliphatic carboxylic acids is 1. The van der Waals surface area contributed by atoms with Crippen LogP contribution in [0.3, 0.4) is 0 Å². The molecule has 5 heteroatoms. The van der Waals surface area contributed by atoms with Gasteiger partial charge in [-0.3, -0.25) is 0 Å². The fourth-order valence-electron chi connectivity index (χ4n) is 3.73. The van der Waals surface area contributed by atoms with Crippen LogP contribution in [0.2, 0.25) is 0 Å². The normalized spacial score (nSPS) is 13.7. The number of rotatable bonds is 6. The van der Waals surface area contributed by atoms with E-state index in [-0.39, 0.29) is 5.75 Å². The summed E-state index contributed by atoms with van der Waals surface area (Å²) in [6.45, 7) is 0. The molecule has 154 valence electrons. The summed E-state index contributed by atoms with van der Waals surface area (Å²) in [4.78, 5) is 11.8. The van der Waals surface area contributed by atoms with Gasteiger partial charge in [0, 0.05) is 16.2 Å². The maximum atomic E-state index is 10.7. The Kier molecular flexibility index (Phi) is 4.96. The van der Waals surface area contributed by atoms with Crippen LogP contribution in [-0.2, 0) is 4.79 Å². The fourth-order valence-corrected chi connectivity index (χ4v) is 4.94. The number of benzene rings is 3. The standard InChI is InChI=1S/C26H20O4S/c27-18-10-13-22-23(15-18)31-26(21-4-2-1-3-20(21)17-8-9-17)25(22)30-19-11-5-16(6-12-19)7-14-24(28)29/h1-7,10-15,17,27H,8-9H2,(H,28,29). The lowest BCUT2D eigenvalue weighted by Gasteiger charge is -2.11. The van der Waals surface area contributed by atoms with Crippen molar-refractivity contribution in [1.29, 1.82) is 0 Å². The second-order valence-corrected chi connectivity index (χ2v) is 8.70. The number of carbonyl (C=O) groups is 1. The highest BCUT2D eigenvalue weighted by molar-refractivity contribution is 7.22. The summed E-state index contributed by atoms with van der Waals surface area (Å²) < 4.78 is 7.35. The topological polar surface area (TPSA) is 66.8 Å². The molecule has 0 unspecified atom stereocenters. The average Bonchev–Trinajstić information content (AvgIpc) is 3.56. The molecule has 4 aromatic rings. The molecule has 0 spiro atoms. The Morgan fingerprint density at radius 1 is 1.03 bits per heavy atom. The highest BCUT2D eigenvalue weighted by Gasteiger charge is 2.28. The minimum absolute atomic E-state index is 0.233. The largest absolute Gasteiger partial charge is 0.508 e. The first-order chi connectivity index (χ1) is 15.1. The summed E-state index contributed by atoms with van der Waals surface area (Å²) in [5.74, 6) is 1.31. The monoisotopic (exact) mass is 428 g/mol. The van der Waals surface area contributed by atoms with Crippen LogP contribution in [0.5, 0.6) is 17.2 Å². The lowest BCUT2D eigenvalue weighted by molar-refractivity contribution is -0.131. The minimum Gasteiger partial charge on any atom is -0.508 e. The zero-order valence-corrected chi connectivity index (χ0v) is 17.4. The van der Waals surface area contributed by atoms with E-state index in [2.05, 4.69) is 24.3 Å². The Balaban J connectivity index is 1.58. The van der Waals surface area contributed by atoms with Gasteiger partial charge in [-0.05, 0) is 71.9 Å². The van der Waals surface area contributed by atoms with Crippen molar-refractivity contribution in [3.8, 4) is 27.7 Å². The number of ether oxygens (including phenoxy) is 1. The van der Waals surface area contributed by atoms with E-state index < -0.39 is 5.97 Å². The summed E-state index contributed by atoms with van der Waals surface area (Å²) in [6, 6.07) is 21.1. The number of carboxylic acids is 1. The molecular formula is C26H20O4S. The molecule has 0 radical (unpaired) electrons. The van der Waals surface area contributed by atoms with Gasteiger partial charge < -0.3 is 14.9 Å². The smallest absolute Gasteiger partial charge is 0.328 e. The third kappa shape index (κ3) is 4.05. The van der Waals surface area contributed by atoms with Gasteiger partial charge in [0.2, 0.25) is 0 Å². The van der Waals surface area contributed by atoms with Crippen molar-refractivity contribution in [2.75, 3.05) is 0 Å². The summed E-state index contributed by atoms with van der Waals surface area (Å²) in [5.41, 5.74) is 3.31. The predicted molar refractivity (Wildman–Crippen MR) is 124 cm³/mol. The van der Waals surface area contributed by atoms with Gasteiger partial charge in [0.05, 0.1) is 4.88 Å². The van der Waals surface area contributed by atoms with Crippen LogP contribution in [0.25, 0.3) is 26.6 Å². The van der Waals surface area contributed by atoms with Crippen LogP contribution < -0.4 is 4.74 Å². The third-order valence-corrected chi connectivity index (χ3v) is 6.54. The molecule has 1 aromatic heterocycles. The van der Waals surface area contributed by atoms with Crippen molar-refractivity contribution in [2.45, 2.75) is 18.8 Å². The van der Waals surface area contributed by atoms with Gasteiger partial charge in [-0.25, -0.2) is 4.79 Å². The Labute approximate surface area is 183 Å². The van der Waals surface area contributed by atoms with E-state index in [0.29, 0.717) is 11.7 Å². The Morgan fingerprint density at radius 2 is 1.81 bits per heavy atom. The number of fused-ring (bicyclic) bond motifs is 1. The summed E-state index contributed by atoms with van der Waals surface area (Å²) in [6.07, 6.45) is 5.09. The first-order valence-electron chi connectivity index (χ1n) is 10.1. The first-order valence-corrected chi connectivity index (χ1v) is 10.9. The van der Waals surface area contributed by atoms with Crippen LogP contribution in [0.1, 0.15) is 29.9 Å². The zero-order chi connectivity index (χ0) is 21.4. The highest BCUT2D eigenvalue weighted by Crippen LogP contribution is 2.51. The predicted octanol–water partition coefficient (Wildman–Crippen LogP) is 7.04. The highest BCUT2D eigenvalue weighted by atomic mass is 32.1. The number of hydrogen-bond acceptors (Lipinski definition) is 4. The summed E-state index contributed by atoms with van der Waals surface area (Å²) >= 11 is 1.62. The molecule has 0 atom stereocenters. The van der Waals surface area contributed by atoms with Crippen molar-refractivity contribution in [1.82, 2.24) is 0 Å². The van der Waals surface area contributed by atoms with E-state index in [1.807, 2.05) is 30.3 Å². The van der Waals surface area contributed by atoms with E-state index in [0.717, 1.165) is 32.4 Å². The third-order valence-electron chi connectivity index (χ3n) is 5.37. The number of phenols is 1. The Morgan fingerprint density at radius 3 is 2.55 bits per heavy atom. The zero-order valence-electron chi connectivity index (χ0n) is 16.6. The molecule has 5 rings (SSSR count). The molecule has 1 fully saturated rings. The molecular weight excluding hydrogens is 408 g/mol. The number of phenolic OH excluding ortho intramolecular Hbond substituents is 1. The van der Waals surface area contributed by atoms with Crippen molar-refractivity contribution in [3.05, 3.63) is 83.9 Å². The fraction of sp³-hybridized carbons (Fsp3) is 0.115. The second kappa shape index (κ2) is 7.93. The second-order valence-electron chi connectivity index (χ2n) is 7.64. The first kappa shape index (κ1) is 19.4. The van der Waals surface area contributed by atoms with Crippen LogP contribution in [0, 0.1) is 0 Å². The molecule has 1 heterocycles. The van der Waals surface area contributed by atoms with E-state index in [9.17, 15) is 9.90 Å². The van der Waals surface area contributed by atoms with Gasteiger partial charge in [0.25, 0.3) is 0 Å². The van der Waals surface area contributed by atoms with E-state index >= 15 is 0 Å². The van der Waals surface area contributed by atoms with Crippen LogP contribution in [0.15, 0.2) is 72.8 Å². The van der Waals surface area contributed by atoms with Crippen molar-refractivity contribution in [3.63, 3.8) is 0 Å². The van der Waals surface area contributed by atoms with Crippen LogP contribution in [0.4, 0.5) is 0 Å². The minimum atomic E-state index is -0.979. The molecule has 1 aliphatic rings. The Bertz CT molecular complexity index is 1300. The molecule has 0 saturated heterocycles. The SMILES string of the molecule is O=C(O)C=Cc1ccc(Oc2c(-c3ccccc3C3CC3)sc3cc(O)ccc23)cc1. The van der Waals surface area contributed by atoms with Gasteiger partial charge in [-0.1, -0.05) is 36.4 Å². The summed E-state index contributed by atoms with van der Waals surface area (Å²) in [5, 5.41) is 19.7. The lowest BCUT2D eigenvalue weighted by atomic mass is 10.0. The maximum absolute atomic E-state index is 10.7. The van der Waals surface area contributed by atoms with Crippen molar-refractivity contribution < 1.29 is 19.7 Å². The van der Waals surface area contributed by atoms with E-state index in [1.54, 1.807) is 29.5 Å². The number of aromatic hydroxyl groups is 1. The molecule has 2 N–H and O–H groups in total. The van der Waals surface area contributed by atoms with Crippen molar-refractivity contribution >= 4 is 33.5 Å². The molecule has 3 aromatic carbocycles. The molecule has 4 nitrogen and oxygen atoms in total. The number of hydrogen-bond donors (Lipinski definition) is 2. The molecule has 1 saturated carbocycles.